The van der Waals surface area contributed by atoms with Gasteiger partial charge >= 0.3 is 0 Å². The summed E-state index contributed by atoms with van der Waals surface area (Å²) in [4.78, 5) is 7.06. The SMILES string of the molecule is Cn1cc(-c2ncn(CCN3CCCCC3)n2)c2ccccc21. The molecule has 4 rings (SSSR count). The van der Waals surface area contributed by atoms with Crippen LogP contribution in [0, 0.1) is 0 Å². The Balaban J connectivity index is 1.52. The summed E-state index contributed by atoms with van der Waals surface area (Å²) in [6.07, 6.45) is 8.03. The molecule has 2 aromatic heterocycles. The van der Waals surface area contributed by atoms with Gasteiger partial charge in [-0.05, 0) is 32.0 Å². The number of likely N-dealkylation sites (tertiary alicyclic amines) is 1. The second-order valence-corrected chi connectivity index (χ2v) is 6.40. The molecule has 0 amide bonds. The number of hydrogen-bond donors (Lipinski definition) is 0. The smallest absolute Gasteiger partial charge is 0.183 e. The van der Waals surface area contributed by atoms with Crippen molar-refractivity contribution in [3.63, 3.8) is 0 Å². The Hall–Kier alpha value is -2.14. The molecule has 0 unspecified atom stereocenters. The fourth-order valence-electron chi connectivity index (χ4n) is 3.47. The first-order valence-electron chi connectivity index (χ1n) is 8.47. The lowest BCUT2D eigenvalue weighted by atomic mass is 10.1. The number of para-hydroxylation sites is 1. The van der Waals surface area contributed by atoms with Gasteiger partial charge in [0.2, 0.25) is 0 Å². The summed E-state index contributed by atoms with van der Waals surface area (Å²) in [5, 5.41) is 5.91. The fourth-order valence-corrected chi connectivity index (χ4v) is 3.47. The first kappa shape index (κ1) is 14.5. The van der Waals surface area contributed by atoms with Crippen LogP contribution >= 0.6 is 0 Å². The van der Waals surface area contributed by atoms with Gasteiger partial charge in [0, 0.05) is 36.3 Å². The Bertz CT molecular complexity index is 795. The van der Waals surface area contributed by atoms with E-state index in [1.165, 1.54) is 43.3 Å². The Kier molecular flexibility index (Phi) is 3.87. The highest BCUT2D eigenvalue weighted by atomic mass is 15.3. The predicted molar refractivity (Wildman–Crippen MR) is 92.2 cm³/mol. The fraction of sp³-hybridized carbons (Fsp3) is 0.444. The Labute approximate surface area is 136 Å². The van der Waals surface area contributed by atoms with Crippen molar-refractivity contribution >= 4 is 10.9 Å². The molecule has 1 aromatic carbocycles. The van der Waals surface area contributed by atoms with Gasteiger partial charge in [-0.25, -0.2) is 4.98 Å². The maximum Gasteiger partial charge on any atom is 0.183 e. The summed E-state index contributed by atoms with van der Waals surface area (Å²) in [7, 11) is 2.07. The molecule has 0 spiro atoms. The highest BCUT2D eigenvalue weighted by Crippen LogP contribution is 2.27. The molecular formula is C18H23N5. The van der Waals surface area contributed by atoms with Gasteiger partial charge < -0.3 is 9.47 Å². The number of benzene rings is 1. The van der Waals surface area contributed by atoms with Gasteiger partial charge in [-0.1, -0.05) is 24.6 Å². The lowest BCUT2D eigenvalue weighted by molar-refractivity contribution is 0.218. The third-order valence-corrected chi connectivity index (χ3v) is 4.77. The standard InChI is InChI=1S/C18H23N5/c1-21-13-16(15-7-3-4-8-17(15)21)18-19-14-23(20-18)12-11-22-9-5-2-6-10-22/h3-4,7-8,13-14H,2,5-6,9-12H2,1H3. The molecule has 1 fully saturated rings. The molecule has 0 saturated carbocycles. The highest BCUT2D eigenvalue weighted by Gasteiger charge is 2.13. The highest BCUT2D eigenvalue weighted by molar-refractivity contribution is 5.94. The van der Waals surface area contributed by atoms with Crippen molar-refractivity contribution in [2.75, 3.05) is 19.6 Å². The average molecular weight is 309 g/mol. The largest absolute Gasteiger partial charge is 0.350 e. The predicted octanol–water partition coefficient (Wildman–Crippen LogP) is 2.92. The van der Waals surface area contributed by atoms with Gasteiger partial charge in [0.05, 0.1) is 6.54 Å². The molecule has 0 radical (unpaired) electrons. The van der Waals surface area contributed by atoms with Crippen molar-refractivity contribution in [2.45, 2.75) is 25.8 Å². The number of hydrogen-bond acceptors (Lipinski definition) is 3. The quantitative estimate of drug-likeness (QED) is 0.744. The summed E-state index contributed by atoms with van der Waals surface area (Å²) in [6.45, 7) is 4.44. The summed E-state index contributed by atoms with van der Waals surface area (Å²) in [5.41, 5.74) is 2.33. The number of piperidine rings is 1. The molecular weight excluding hydrogens is 286 g/mol. The average Bonchev–Trinajstić information content (AvgIpc) is 3.19. The monoisotopic (exact) mass is 309 g/mol. The van der Waals surface area contributed by atoms with Gasteiger partial charge in [0.25, 0.3) is 0 Å². The molecule has 3 aromatic rings. The molecule has 120 valence electrons. The summed E-state index contributed by atoms with van der Waals surface area (Å²) >= 11 is 0. The van der Waals surface area contributed by atoms with Crippen molar-refractivity contribution in [1.82, 2.24) is 24.2 Å². The number of aryl methyl sites for hydroxylation is 1. The van der Waals surface area contributed by atoms with E-state index in [2.05, 4.69) is 52.0 Å². The first-order valence-corrected chi connectivity index (χ1v) is 8.47. The minimum atomic E-state index is 0.820. The molecule has 5 heteroatoms. The summed E-state index contributed by atoms with van der Waals surface area (Å²) in [5.74, 6) is 0.820. The van der Waals surface area contributed by atoms with Crippen LogP contribution in [-0.4, -0.2) is 43.9 Å². The Morgan fingerprint density at radius 1 is 1.04 bits per heavy atom. The zero-order valence-corrected chi connectivity index (χ0v) is 13.6. The minimum Gasteiger partial charge on any atom is -0.350 e. The second kappa shape index (κ2) is 6.16. The minimum absolute atomic E-state index is 0.820. The Morgan fingerprint density at radius 2 is 1.87 bits per heavy atom. The zero-order valence-electron chi connectivity index (χ0n) is 13.6. The van der Waals surface area contributed by atoms with Crippen LogP contribution in [0.5, 0.6) is 0 Å². The van der Waals surface area contributed by atoms with E-state index in [0.29, 0.717) is 0 Å². The van der Waals surface area contributed by atoms with Gasteiger partial charge in [0.1, 0.15) is 6.33 Å². The van der Waals surface area contributed by atoms with E-state index in [1.807, 2.05) is 11.0 Å². The van der Waals surface area contributed by atoms with Crippen LogP contribution in [0.15, 0.2) is 36.8 Å². The van der Waals surface area contributed by atoms with Crippen LogP contribution in [0.3, 0.4) is 0 Å². The van der Waals surface area contributed by atoms with E-state index in [9.17, 15) is 0 Å². The van der Waals surface area contributed by atoms with Crippen molar-refractivity contribution in [3.8, 4) is 11.4 Å². The lowest BCUT2D eigenvalue weighted by Crippen LogP contribution is -2.32. The van der Waals surface area contributed by atoms with Crippen molar-refractivity contribution < 1.29 is 0 Å². The third-order valence-electron chi connectivity index (χ3n) is 4.77. The lowest BCUT2D eigenvalue weighted by Gasteiger charge is -2.25. The van der Waals surface area contributed by atoms with Crippen LogP contribution in [0.2, 0.25) is 0 Å². The van der Waals surface area contributed by atoms with E-state index in [4.69, 9.17) is 5.10 Å². The van der Waals surface area contributed by atoms with Crippen LogP contribution in [0.4, 0.5) is 0 Å². The van der Waals surface area contributed by atoms with Crippen molar-refractivity contribution in [1.29, 1.82) is 0 Å². The second-order valence-electron chi connectivity index (χ2n) is 6.40. The van der Waals surface area contributed by atoms with E-state index >= 15 is 0 Å². The van der Waals surface area contributed by atoms with Gasteiger partial charge in [-0.15, -0.1) is 0 Å². The van der Waals surface area contributed by atoms with Gasteiger partial charge in [0.15, 0.2) is 5.82 Å². The summed E-state index contributed by atoms with van der Waals surface area (Å²) < 4.78 is 4.12. The van der Waals surface area contributed by atoms with Crippen molar-refractivity contribution in [3.05, 3.63) is 36.8 Å². The van der Waals surface area contributed by atoms with E-state index in [1.54, 1.807) is 0 Å². The third kappa shape index (κ3) is 2.88. The van der Waals surface area contributed by atoms with Crippen LogP contribution in [-0.2, 0) is 13.6 Å². The normalized spacial score (nSPS) is 16.2. The van der Waals surface area contributed by atoms with Gasteiger partial charge in [-0.2, -0.15) is 5.10 Å². The zero-order chi connectivity index (χ0) is 15.6. The first-order chi connectivity index (χ1) is 11.3. The molecule has 3 heterocycles. The number of aromatic nitrogens is 4. The van der Waals surface area contributed by atoms with Crippen LogP contribution < -0.4 is 0 Å². The molecule has 0 N–H and O–H groups in total. The molecule has 0 aliphatic carbocycles. The van der Waals surface area contributed by atoms with Crippen molar-refractivity contribution in [2.24, 2.45) is 7.05 Å². The van der Waals surface area contributed by atoms with Crippen LogP contribution in [0.25, 0.3) is 22.3 Å². The molecule has 1 aliphatic heterocycles. The topological polar surface area (TPSA) is 38.9 Å². The van der Waals surface area contributed by atoms with E-state index in [0.717, 1.165) is 24.5 Å². The van der Waals surface area contributed by atoms with Crippen LogP contribution in [0.1, 0.15) is 19.3 Å². The molecule has 1 aliphatic rings. The number of nitrogens with zero attached hydrogens (tertiary/aromatic N) is 5. The number of rotatable bonds is 4. The number of fused-ring (bicyclic) bond motifs is 1. The Morgan fingerprint density at radius 3 is 2.74 bits per heavy atom. The molecule has 1 saturated heterocycles. The maximum absolute atomic E-state index is 4.69. The summed E-state index contributed by atoms with van der Waals surface area (Å²) in [6, 6.07) is 8.40. The van der Waals surface area contributed by atoms with E-state index < -0.39 is 0 Å². The van der Waals surface area contributed by atoms with E-state index in [-0.39, 0.29) is 0 Å². The molecule has 0 bridgehead atoms. The molecule has 23 heavy (non-hydrogen) atoms. The molecule has 5 nitrogen and oxygen atoms in total. The molecule has 0 atom stereocenters. The maximum atomic E-state index is 4.69. The van der Waals surface area contributed by atoms with Gasteiger partial charge in [-0.3, -0.25) is 4.68 Å².